The largest absolute Gasteiger partial charge is 0.548 e. The van der Waals surface area contributed by atoms with Crippen LogP contribution in [0, 0.1) is 17.0 Å². The Morgan fingerprint density at radius 2 is 2.11 bits per heavy atom. The van der Waals surface area contributed by atoms with Crippen molar-refractivity contribution < 1.29 is 24.0 Å². The molecular weight excluding hydrogens is 392 g/mol. The number of nitrogens with zero attached hydrogens (tertiary/aromatic N) is 2. The summed E-state index contributed by atoms with van der Waals surface area (Å²) in [4.78, 5) is 34.5. The number of hydrogen-bond acceptors (Lipinski definition) is 8. The zero-order valence-corrected chi connectivity index (χ0v) is 15.5. The quantitative estimate of drug-likeness (QED) is 0.322. The highest BCUT2D eigenvalue weighted by Crippen LogP contribution is 2.34. The molecule has 0 atom stereocenters. The molecule has 138 valence electrons. The van der Waals surface area contributed by atoms with Gasteiger partial charge in [-0.2, -0.15) is 0 Å². The predicted octanol–water partition coefficient (Wildman–Crippen LogP) is 2.11. The van der Waals surface area contributed by atoms with Gasteiger partial charge in [-0.15, -0.1) is 0 Å². The minimum absolute atomic E-state index is 0.0142. The summed E-state index contributed by atoms with van der Waals surface area (Å²) in [7, 11) is 0. The van der Waals surface area contributed by atoms with Gasteiger partial charge in [0.2, 0.25) is 0 Å². The van der Waals surface area contributed by atoms with Crippen molar-refractivity contribution in [2.24, 2.45) is 0 Å². The number of furan rings is 1. The molecule has 0 saturated carbocycles. The van der Waals surface area contributed by atoms with E-state index in [2.05, 4.69) is 0 Å². The van der Waals surface area contributed by atoms with Gasteiger partial charge in [-0.05, 0) is 30.7 Å². The van der Waals surface area contributed by atoms with Gasteiger partial charge in [-0.3, -0.25) is 19.8 Å². The lowest BCUT2D eigenvalue weighted by molar-refractivity contribution is -0.384. The molecule has 0 radical (unpaired) electrons. The number of aryl methyl sites for hydroxylation is 1. The summed E-state index contributed by atoms with van der Waals surface area (Å²) >= 11 is 5.99. The first-order valence-corrected chi connectivity index (χ1v) is 8.79. The average molecular weight is 403 g/mol. The maximum Gasteiger partial charge on any atom is 0.269 e. The zero-order valence-electron chi connectivity index (χ0n) is 13.8. The van der Waals surface area contributed by atoms with Crippen molar-refractivity contribution in [3.63, 3.8) is 0 Å². The number of carbonyl (C=O) groups excluding carboxylic acids is 2. The van der Waals surface area contributed by atoms with Gasteiger partial charge in [0.15, 0.2) is 0 Å². The Balaban J connectivity index is 1.86. The van der Waals surface area contributed by atoms with E-state index in [-0.39, 0.29) is 14.9 Å². The number of hydrogen-bond donors (Lipinski definition) is 0. The van der Waals surface area contributed by atoms with Gasteiger partial charge in [0, 0.05) is 23.8 Å². The SMILES string of the molecule is Cc1cc([N+](=O)[O-])ccc1-c1ccc(/C=C2/SC(=S)N(CC(=O)[O-])C2=O)o1. The Hall–Kier alpha value is -2.98. The molecule has 10 heteroatoms. The molecule has 1 saturated heterocycles. The predicted molar refractivity (Wildman–Crippen MR) is 100 cm³/mol. The van der Waals surface area contributed by atoms with E-state index < -0.39 is 23.3 Å². The standard InChI is InChI=1S/C17H12N2O6S2/c1-9-6-10(19(23)24)2-4-12(9)13-5-3-11(25-13)7-14-16(22)18(8-15(20)21)17(26)27-14/h2-7H,8H2,1H3,(H,20,21)/p-1/b14-7+. The van der Waals surface area contributed by atoms with Crippen molar-refractivity contribution in [3.05, 3.63) is 56.7 Å². The number of carboxylic acid groups (broad SMARTS) is 1. The highest BCUT2D eigenvalue weighted by Gasteiger charge is 2.32. The smallest absolute Gasteiger partial charge is 0.269 e. The summed E-state index contributed by atoms with van der Waals surface area (Å²) in [5, 5.41) is 21.5. The summed E-state index contributed by atoms with van der Waals surface area (Å²) in [6, 6.07) is 7.75. The van der Waals surface area contributed by atoms with E-state index in [1.807, 2.05) is 0 Å². The van der Waals surface area contributed by atoms with E-state index in [0.717, 1.165) is 16.7 Å². The second-order valence-corrected chi connectivity index (χ2v) is 7.27. The van der Waals surface area contributed by atoms with Crippen molar-refractivity contribution in [1.29, 1.82) is 0 Å². The Morgan fingerprint density at radius 3 is 2.74 bits per heavy atom. The van der Waals surface area contributed by atoms with E-state index >= 15 is 0 Å². The van der Waals surface area contributed by atoms with Crippen LogP contribution in [0.1, 0.15) is 11.3 Å². The fourth-order valence-corrected chi connectivity index (χ4v) is 3.74. The van der Waals surface area contributed by atoms with Crippen LogP contribution in [-0.2, 0) is 9.59 Å². The van der Waals surface area contributed by atoms with Crippen LogP contribution in [0.2, 0.25) is 0 Å². The first-order chi connectivity index (χ1) is 12.8. The number of non-ortho nitro benzene ring substituents is 1. The number of thiocarbonyl (C=S) groups is 1. The van der Waals surface area contributed by atoms with Crippen LogP contribution >= 0.6 is 24.0 Å². The van der Waals surface area contributed by atoms with Gasteiger partial charge in [0.25, 0.3) is 11.6 Å². The van der Waals surface area contributed by atoms with Gasteiger partial charge in [-0.25, -0.2) is 0 Å². The molecular formula is C17H11N2O6S2-. The normalized spacial score (nSPS) is 15.6. The summed E-state index contributed by atoms with van der Waals surface area (Å²) in [5.41, 5.74) is 1.34. The third-order valence-electron chi connectivity index (χ3n) is 3.75. The summed E-state index contributed by atoms with van der Waals surface area (Å²) in [6.45, 7) is 1.13. The van der Waals surface area contributed by atoms with E-state index in [4.69, 9.17) is 16.6 Å². The third-order valence-corrected chi connectivity index (χ3v) is 5.12. The van der Waals surface area contributed by atoms with Crippen LogP contribution < -0.4 is 5.11 Å². The van der Waals surface area contributed by atoms with E-state index in [0.29, 0.717) is 22.6 Å². The van der Waals surface area contributed by atoms with Crippen LogP contribution in [0.5, 0.6) is 0 Å². The highest BCUT2D eigenvalue weighted by atomic mass is 32.2. The number of aliphatic carboxylic acids is 1. The van der Waals surface area contributed by atoms with Gasteiger partial charge in [0.05, 0.1) is 22.3 Å². The Labute approximate surface area is 162 Å². The number of carbonyl (C=O) groups is 2. The Kier molecular flexibility index (Phi) is 5.10. The number of carboxylic acids is 1. The molecule has 0 unspecified atom stereocenters. The van der Waals surface area contributed by atoms with Crippen LogP contribution in [-0.4, -0.2) is 32.6 Å². The summed E-state index contributed by atoms with van der Waals surface area (Å²) < 4.78 is 5.84. The highest BCUT2D eigenvalue weighted by molar-refractivity contribution is 8.26. The molecule has 1 aliphatic heterocycles. The van der Waals surface area contributed by atoms with Gasteiger partial charge in [-0.1, -0.05) is 24.0 Å². The summed E-state index contributed by atoms with van der Waals surface area (Å²) in [6.07, 6.45) is 1.47. The third kappa shape index (κ3) is 3.91. The van der Waals surface area contributed by atoms with Crippen LogP contribution in [0.4, 0.5) is 5.69 Å². The Bertz CT molecular complexity index is 1010. The minimum atomic E-state index is -1.40. The van der Waals surface area contributed by atoms with Crippen LogP contribution in [0.3, 0.4) is 0 Å². The lowest BCUT2D eigenvalue weighted by Gasteiger charge is -2.14. The topological polar surface area (TPSA) is 117 Å². The van der Waals surface area contributed by atoms with Crippen molar-refractivity contribution in [1.82, 2.24) is 4.90 Å². The number of nitro benzene ring substituents is 1. The molecule has 1 amide bonds. The molecule has 1 fully saturated rings. The minimum Gasteiger partial charge on any atom is -0.548 e. The fraction of sp³-hybridized carbons (Fsp3) is 0.118. The second-order valence-electron chi connectivity index (χ2n) is 5.60. The molecule has 2 heterocycles. The molecule has 0 aliphatic carbocycles. The molecule has 8 nitrogen and oxygen atoms in total. The molecule has 1 aromatic carbocycles. The van der Waals surface area contributed by atoms with Crippen molar-refractivity contribution in [2.75, 3.05) is 6.54 Å². The lowest BCUT2D eigenvalue weighted by Crippen LogP contribution is -2.40. The Morgan fingerprint density at radius 1 is 1.37 bits per heavy atom. The molecule has 3 rings (SSSR count). The van der Waals surface area contributed by atoms with E-state index in [1.54, 1.807) is 25.1 Å². The maximum atomic E-state index is 12.2. The van der Waals surface area contributed by atoms with E-state index in [1.165, 1.54) is 18.2 Å². The zero-order chi connectivity index (χ0) is 19.7. The van der Waals surface area contributed by atoms with Gasteiger partial charge < -0.3 is 14.3 Å². The van der Waals surface area contributed by atoms with Crippen molar-refractivity contribution in [3.8, 4) is 11.3 Å². The first kappa shape index (κ1) is 18.8. The van der Waals surface area contributed by atoms with Gasteiger partial charge in [0.1, 0.15) is 15.8 Å². The number of rotatable bonds is 5. The first-order valence-electron chi connectivity index (χ1n) is 7.56. The summed E-state index contributed by atoms with van der Waals surface area (Å²) in [5.74, 6) is -1.07. The number of benzene rings is 1. The second kappa shape index (κ2) is 7.33. The van der Waals surface area contributed by atoms with Crippen molar-refractivity contribution in [2.45, 2.75) is 6.92 Å². The van der Waals surface area contributed by atoms with Crippen molar-refractivity contribution >= 4 is 51.9 Å². The molecule has 0 spiro atoms. The maximum absolute atomic E-state index is 12.2. The molecule has 1 aliphatic rings. The molecule has 1 aromatic heterocycles. The molecule has 0 bridgehead atoms. The van der Waals surface area contributed by atoms with Crippen LogP contribution in [0.25, 0.3) is 17.4 Å². The molecule has 27 heavy (non-hydrogen) atoms. The fourth-order valence-electron chi connectivity index (χ4n) is 2.51. The van der Waals surface area contributed by atoms with E-state index in [9.17, 15) is 24.8 Å². The number of thioether (sulfide) groups is 1. The monoisotopic (exact) mass is 403 g/mol. The van der Waals surface area contributed by atoms with Gasteiger partial charge >= 0.3 is 0 Å². The number of nitro groups is 1. The van der Waals surface area contributed by atoms with Crippen LogP contribution in [0.15, 0.2) is 39.7 Å². The average Bonchev–Trinajstić information content (AvgIpc) is 3.15. The number of amides is 1. The molecule has 2 aromatic rings. The lowest BCUT2D eigenvalue weighted by atomic mass is 10.1. The molecule has 0 N–H and O–H groups in total.